The number of nitrogens with zero attached hydrogens (tertiary/aromatic N) is 2. The second kappa shape index (κ2) is 18.7. The first-order valence-corrected chi connectivity index (χ1v) is 18.2. The molecule has 7 nitrogen and oxygen atoms in total. The normalized spacial score (nSPS) is 13.4. The van der Waals surface area contributed by atoms with Crippen molar-refractivity contribution < 1.29 is 14.3 Å². The zero-order valence-corrected chi connectivity index (χ0v) is 33.5. The predicted octanol–water partition coefficient (Wildman–Crippen LogP) is 11.4. The van der Waals surface area contributed by atoms with Gasteiger partial charge in [-0.1, -0.05) is 105 Å². The number of aromatic amines is 2. The fourth-order valence-corrected chi connectivity index (χ4v) is 6.10. The Morgan fingerprint density at radius 3 is 1.90 bits per heavy atom. The monoisotopic (exact) mass is 732 g/mol. The summed E-state index contributed by atoms with van der Waals surface area (Å²) in [5, 5.41) is 0. The number of hydrogen-bond acceptors (Lipinski definition) is 5. The number of aromatic nitrogens is 4. The van der Waals surface area contributed by atoms with E-state index in [0.717, 1.165) is 67.9 Å². The molecule has 3 aromatic heterocycles. The van der Waals surface area contributed by atoms with Crippen molar-refractivity contribution in [3.05, 3.63) is 87.4 Å². The van der Waals surface area contributed by atoms with Gasteiger partial charge in [-0.25, -0.2) is 0 Å². The Balaban J connectivity index is 0.000000677. The first-order chi connectivity index (χ1) is 23.3. The Hall–Kier alpha value is -3.91. The summed E-state index contributed by atoms with van der Waals surface area (Å²) in [6, 6.07) is 19.6. The number of H-pyrrole nitrogens is 2. The van der Waals surface area contributed by atoms with Crippen LogP contribution in [0.5, 0.6) is 5.75 Å². The molecule has 266 valence electrons. The maximum atomic E-state index is 8.95. The van der Waals surface area contributed by atoms with Gasteiger partial charge in [-0.2, -0.15) is 0 Å². The maximum Gasteiger partial charge on any atom is 0.292 e. The molecule has 0 saturated heterocycles. The number of methoxy groups -OCH3 is 2. The number of carbonyl (C=O) groups excluding carboxylic acids is 1. The summed E-state index contributed by atoms with van der Waals surface area (Å²) in [5.41, 5.74) is 11.5. The highest BCUT2D eigenvalue weighted by molar-refractivity contribution is 9.10. The molecule has 8 heteroatoms. The van der Waals surface area contributed by atoms with Crippen molar-refractivity contribution in [2.45, 2.75) is 106 Å². The first kappa shape index (κ1) is 41.3. The van der Waals surface area contributed by atoms with Crippen molar-refractivity contribution in [1.29, 1.82) is 0 Å². The van der Waals surface area contributed by atoms with E-state index in [-0.39, 0.29) is 10.8 Å². The highest BCUT2D eigenvalue weighted by atomic mass is 79.9. The molecule has 2 aliphatic rings. The van der Waals surface area contributed by atoms with Crippen LogP contribution in [0, 0.1) is 6.92 Å². The third-order valence-electron chi connectivity index (χ3n) is 7.85. The van der Waals surface area contributed by atoms with Crippen LogP contribution in [0.1, 0.15) is 104 Å². The molecule has 0 saturated carbocycles. The Morgan fingerprint density at radius 2 is 1.35 bits per heavy atom. The molecular weight excluding hydrogens is 676 g/mol. The zero-order chi connectivity index (χ0) is 36.9. The number of ether oxygens (including phenoxy) is 2. The van der Waals surface area contributed by atoms with Crippen molar-refractivity contribution in [2.24, 2.45) is 0 Å². The van der Waals surface area contributed by atoms with Gasteiger partial charge in [0.1, 0.15) is 0 Å². The van der Waals surface area contributed by atoms with Gasteiger partial charge in [0, 0.05) is 67.3 Å². The maximum absolute atomic E-state index is 8.95. The lowest BCUT2D eigenvalue weighted by molar-refractivity contribution is -0.126. The second-order valence-electron chi connectivity index (χ2n) is 12.9. The molecule has 1 aromatic carbocycles. The number of hydrogen-bond donors (Lipinski definition) is 2. The molecule has 0 fully saturated rings. The zero-order valence-electron chi connectivity index (χ0n) is 31.9. The van der Waals surface area contributed by atoms with Gasteiger partial charge in [0.2, 0.25) is 0 Å². The van der Waals surface area contributed by atoms with Crippen LogP contribution in [-0.4, -0.2) is 40.6 Å². The topological polar surface area (TPSA) is 92.9 Å². The van der Waals surface area contributed by atoms with Gasteiger partial charge in [-0.3, -0.25) is 14.8 Å². The number of fused-ring (bicyclic) bond motifs is 8. The van der Waals surface area contributed by atoms with Crippen LogP contribution in [0.15, 0.2) is 59.1 Å². The lowest BCUT2D eigenvalue weighted by Crippen LogP contribution is -2.15. The van der Waals surface area contributed by atoms with Gasteiger partial charge in [-0.15, -0.1) is 0 Å². The molecular formula is C41H57BrN4O3. The highest BCUT2D eigenvalue weighted by Crippen LogP contribution is 2.39. The van der Waals surface area contributed by atoms with E-state index in [1.165, 1.54) is 30.2 Å². The Labute approximate surface area is 302 Å². The molecule has 8 bridgehead atoms. The van der Waals surface area contributed by atoms with Crippen LogP contribution < -0.4 is 4.74 Å². The highest BCUT2D eigenvalue weighted by Gasteiger charge is 2.32. The fourth-order valence-electron chi connectivity index (χ4n) is 5.58. The molecule has 5 heterocycles. The van der Waals surface area contributed by atoms with Crippen molar-refractivity contribution in [3.8, 4) is 16.9 Å². The molecule has 2 aliphatic heterocycles. The lowest BCUT2D eigenvalue weighted by Gasteiger charge is -2.16. The van der Waals surface area contributed by atoms with Gasteiger partial charge >= 0.3 is 0 Å². The number of benzene rings is 1. The molecule has 0 amide bonds. The SMILES string of the molecule is CC.CC.CCC.COC=O.COc1c2nc(cc3cc(-c4ccc(C)cc4)c(cc4nc(cc5cc(Br)c1[nH]5)C(C)(C)C4)[nH]3)C(C)(C)C2. The summed E-state index contributed by atoms with van der Waals surface area (Å²) in [6.45, 7) is 23.7. The number of nitrogens with one attached hydrogen (secondary N) is 2. The van der Waals surface area contributed by atoms with E-state index in [9.17, 15) is 0 Å². The molecule has 0 aliphatic carbocycles. The molecule has 0 atom stereocenters. The summed E-state index contributed by atoms with van der Waals surface area (Å²) in [6.07, 6.45) is 2.90. The lowest BCUT2D eigenvalue weighted by atomic mass is 9.87. The molecule has 6 rings (SSSR count). The first-order valence-electron chi connectivity index (χ1n) is 17.4. The van der Waals surface area contributed by atoms with E-state index in [1.807, 2.05) is 27.7 Å². The molecule has 0 radical (unpaired) electrons. The van der Waals surface area contributed by atoms with E-state index >= 15 is 0 Å². The van der Waals surface area contributed by atoms with Gasteiger partial charge in [0.25, 0.3) is 6.47 Å². The molecule has 0 spiro atoms. The minimum absolute atomic E-state index is 0.0834. The molecule has 0 unspecified atom stereocenters. The van der Waals surface area contributed by atoms with Gasteiger partial charge in [-0.05, 0) is 58.7 Å². The van der Waals surface area contributed by atoms with E-state index in [0.29, 0.717) is 6.47 Å². The van der Waals surface area contributed by atoms with E-state index in [2.05, 4.69) is 134 Å². The van der Waals surface area contributed by atoms with Crippen LogP contribution in [0.2, 0.25) is 0 Å². The van der Waals surface area contributed by atoms with Gasteiger partial charge in [0.05, 0.1) is 25.4 Å². The third-order valence-corrected chi connectivity index (χ3v) is 8.47. The summed E-state index contributed by atoms with van der Waals surface area (Å²) in [4.78, 5) is 26.4. The average molecular weight is 734 g/mol. The summed E-state index contributed by atoms with van der Waals surface area (Å²) < 4.78 is 10.8. The number of halogens is 1. The van der Waals surface area contributed by atoms with Crippen molar-refractivity contribution in [2.75, 3.05) is 14.2 Å². The second-order valence-corrected chi connectivity index (χ2v) is 13.8. The smallest absolute Gasteiger partial charge is 0.292 e. The van der Waals surface area contributed by atoms with Gasteiger partial charge < -0.3 is 19.4 Å². The third kappa shape index (κ3) is 10.3. The minimum Gasteiger partial charge on any atom is -0.493 e. The number of aryl methyl sites for hydroxylation is 1. The molecule has 2 N–H and O–H groups in total. The standard InChI is InChI=1S/C32H33BrN4O.C3H8.C2H4O2.2C2H6/c1-18-7-9-19(10-8-18)23-11-20-14-28-32(4,5)17-26(37-28)30(38-6)29-24(33)12-21(36-29)15-27-31(2,3)16-22(35-27)13-25(23)34-20;1-3-2;1-4-2-3;2*1-2/h7-15,34,36H,16-17H2,1-6H3;3H2,1-2H3;2H,1H3;2*1-2H3. The summed E-state index contributed by atoms with van der Waals surface area (Å²) in [7, 11) is 3.03. The van der Waals surface area contributed by atoms with Crippen molar-refractivity contribution in [3.63, 3.8) is 0 Å². The van der Waals surface area contributed by atoms with Crippen LogP contribution in [-0.2, 0) is 33.2 Å². The number of carbonyl (C=O) groups is 1. The summed E-state index contributed by atoms with van der Waals surface area (Å²) in [5.74, 6) is 0.765. The molecule has 49 heavy (non-hydrogen) atoms. The Bertz CT molecular complexity index is 1820. The van der Waals surface area contributed by atoms with Crippen molar-refractivity contribution >= 4 is 44.5 Å². The van der Waals surface area contributed by atoms with Crippen LogP contribution in [0.4, 0.5) is 0 Å². The van der Waals surface area contributed by atoms with Crippen LogP contribution >= 0.6 is 15.9 Å². The summed E-state index contributed by atoms with van der Waals surface area (Å²) >= 11 is 3.76. The Kier molecular flexibility index (Phi) is 15.8. The predicted molar refractivity (Wildman–Crippen MR) is 211 cm³/mol. The van der Waals surface area contributed by atoms with Crippen molar-refractivity contribution in [1.82, 2.24) is 19.9 Å². The largest absolute Gasteiger partial charge is 0.493 e. The van der Waals surface area contributed by atoms with E-state index in [1.54, 1.807) is 7.11 Å². The Morgan fingerprint density at radius 1 is 0.816 bits per heavy atom. The van der Waals surface area contributed by atoms with E-state index < -0.39 is 0 Å². The average Bonchev–Trinajstić information content (AvgIpc) is 3.80. The van der Waals surface area contributed by atoms with Crippen LogP contribution in [0.3, 0.4) is 0 Å². The fraction of sp³-hybridized carbons (Fsp3) is 0.439. The van der Waals surface area contributed by atoms with Gasteiger partial charge in [0.15, 0.2) is 5.75 Å². The minimum atomic E-state index is -0.136. The van der Waals surface area contributed by atoms with Crippen LogP contribution in [0.25, 0.3) is 33.2 Å². The van der Waals surface area contributed by atoms with E-state index in [4.69, 9.17) is 19.5 Å². The quantitative estimate of drug-likeness (QED) is 0.205. The molecule has 4 aromatic rings. The number of rotatable bonds is 3.